The maximum Gasteiger partial charge on any atom is 0.217 e. The van der Waals surface area contributed by atoms with E-state index in [9.17, 15) is 17.6 Å². The van der Waals surface area contributed by atoms with Crippen molar-refractivity contribution in [2.45, 2.75) is 70.8 Å². The molecule has 1 aliphatic rings. The molecule has 1 N–H and O–H groups in total. The van der Waals surface area contributed by atoms with Gasteiger partial charge in [-0.3, -0.25) is 4.79 Å². The molecule has 2 unspecified atom stereocenters. The smallest absolute Gasteiger partial charge is 0.217 e. The third-order valence-corrected chi connectivity index (χ3v) is 8.20. The molecular weight excluding hydrogens is 425 g/mol. The molecule has 4 nitrogen and oxygen atoms in total. The lowest BCUT2D eigenvalue weighted by Gasteiger charge is -2.34. The number of benzene rings is 2. The van der Waals surface area contributed by atoms with Gasteiger partial charge < -0.3 is 5.32 Å². The average molecular weight is 460 g/mol. The molecule has 2 atom stereocenters. The first-order valence-electron chi connectivity index (χ1n) is 11.6. The van der Waals surface area contributed by atoms with Gasteiger partial charge in [0, 0.05) is 24.6 Å². The maximum absolute atomic E-state index is 13.4. The van der Waals surface area contributed by atoms with Crippen LogP contribution >= 0.6 is 0 Å². The molecule has 0 spiro atoms. The lowest BCUT2D eigenvalue weighted by atomic mass is 9.75. The van der Waals surface area contributed by atoms with Gasteiger partial charge in [0.1, 0.15) is 15.7 Å². The molecule has 0 aromatic heterocycles. The van der Waals surface area contributed by atoms with Crippen molar-refractivity contribution in [3.8, 4) is 0 Å². The summed E-state index contributed by atoms with van der Waals surface area (Å²) in [5, 5.41) is 3.12. The molecule has 32 heavy (non-hydrogen) atoms. The first kappa shape index (κ1) is 24.4. The van der Waals surface area contributed by atoms with Gasteiger partial charge in [-0.1, -0.05) is 37.3 Å². The van der Waals surface area contributed by atoms with Crippen molar-refractivity contribution in [2.24, 2.45) is 0 Å². The Kier molecular flexibility index (Phi) is 8.46. The zero-order valence-corrected chi connectivity index (χ0v) is 19.9. The highest BCUT2D eigenvalue weighted by atomic mass is 32.2. The van der Waals surface area contributed by atoms with E-state index in [2.05, 4.69) is 23.5 Å². The highest BCUT2D eigenvalue weighted by Crippen LogP contribution is 2.35. The van der Waals surface area contributed by atoms with Gasteiger partial charge in [0.05, 0.1) is 5.75 Å². The predicted molar refractivity (Wildman–Crippen MR) is 127 cm³/mol. The standard InChI is InChI=1S/C26H34FNO3S/c1-3-15-32(30,31)16-5-4-6-20-7-10-22-11-14-26(28-19(2)29)25(24(22)17-20)18-21-8-12-23(27)13-9-21/h7-10,12-13,17,25-26H,3-6,11,14-16,18H2,1-2H3,(H,28,29). The molecule has 0 saturated heterocycles. The number of amides is 1. The van der Waals surface area contributed by atoms with E-state index in [1.54, 1.807) is 6.92 Å². The van der Waals surface area contributed by atoms with Gasteiger partial charge >= 0.3 is 0 Å². The predicted octanol–water partition coefficient (Wildman–Crippen LogP) is 4.75. The van der Waals surface area contributed by atoms with Crippen LogP contribution in [-0.4, -0.2) is 31.9 Å². The molecule has 1 amide bonds. The third-order valence-electron chi connectivity index (χ3n) is 6.26. The number of sulfone groups is 1. The average Bonchev–Trinajstić information content (AvgIpc) is 2.74. The van der Waals surface area contributed by atoms with Crippen molar-refractivity contribution in [2.75, 3.05) is 11.5 Å². The van der Waals surface area contributed by atoms with Gasteiger partial charge in [0.2, 0.25) is 5.91 Å². The summed E-state index contributed by atoms with van der Waals surface area (Å²) in [4.78, 5) is 11.8. The highest BCUT2D eigenvalue weighted by Gasteiger charge is 2.30. The summed E-state index contributed by atoms with van der Waals surface area (Å²) in [6, 6.07) is 13.2. The Labute approximate surface area is 191 Å². The monoisotopic (exact) mass is 459 g/mol. The summed E-state index contributed by atoms with van der Waals surface area (Å²) in [6.45, 7) is 3.44. The molecule has 0 radical (unpaired) electrons. The van der Waals surface area contributed by atoms with Crippen LogP contribution in [0, 0.1) is 5.82 Å². The summed E-state index contributed by atoms with van der Waals surface area (Å²) in [7, 11) is -2.93. The second kappa shape index (κ2) is 11.1. The van der Waals surface area contributed by atoms with E-state index < -0.39 is 9.84 Å². The van der Waals surface area contributed by atoms with Crippen molar-refractivity contribution < 1.29 is 17.6 Å². The second-order valence-electron chi connectivity index (χ2n) is 8.92. The van der Waals surface area contributed by atoms with Crippen LogP contribution in [0.3, 0.4) is 0 Å². The van der Waals surface area contributed by atoms with Gasteiger partial charge in [-0.2, -0.15) is 0 Å². The summed E-state index contributed by atoms with van der Waals surface area (Å²) >= 11 is 0. The minimum absolute atomic E-state index is 0.0352. The Balaban J connectivity index is 1.75. The van der Waals surface area contributed by atoms with Crippen molar-refractivity contribution in [3.63, 3.8) is 0 Å². The Morgan fingerprint density at radius 2 is 1.78 bits per heavy atom. The zero-order chi connectivity index (χ0) is 23.1. The lowest BCUT2D eigenvalue weighted by Crippen LogP contribution is -2.41. The van der Waals surface area contributed by atoms with Gasteiger partial charge in [0.15, 0.2) is 0 Å². The van der Waals surface area contributed by atoms with Crippen LogP contribution in [-0.2, 0) is 33.9 Å². The number of fused-ring (bicyclic) bond motifs is 1. The largest absolute Gasteiger partial charge is 0.353 e. The summed E-state index contributed by atoms with van der Waals surface area (Å²) in [6.07, 6.45) is 5.53. The fourth-order valence-corrected chi connectivity index (χ4v) is 6.20. The molecule has 2 aromatic carbocycles. The van der Waals surface area contributed by atoms with E-state index >= 15 is 0 Å². The molecule has 0 saturated carbocycles. The lowest BCUT2D eigenvalue weighted by molar-refractivity contribution is -0.119. The Morgan fingerprint density at radius 3 is 2.47 bits per heavy atom. The fourth-order valence-electron chi connectivity index (χ4n) is 4.73. The normalized spacial score (nSPS) is 18.2. The quantitative estimate of drug-likeness (QED) is 0.522. The van der Waals surface area contributed by atoms with Crippen molar-refractivity contribution in [3.05, 3.63) is 70.5 Å². The number of nitrogens with one attached hydrogen (secondary N) is 1. The second-order valence-corrected chi connectivity index (χ2v) is 11.2. The maximum atomic E-state index is 13.4. The molecule has 0 fully saturated rings. The van der Waals surface area contributed by atoms with Crippen LogP contribution in [0.5, 0.6) is 0 Å². The first-order valence-corrected chi connectivity index (χ1v) is 13.4. The van der Waals surface area contributed by atoms with Crippen molar-refractivity contribution in [1.82, 2.24) is 5.32 Å². The summed E-state index contributed by atoms with van der Waals surface area (Å²) < 4.78 is 37.2. The number of hydrogen-bond donors (Lipinski definition) is 1. The summed E-state index contributed by atoms with van der Waals surface area (Å²) in [5.74, 6) is 0.356. The van der Waals surface area contributed by atoms with Gasteiger partial charge in [-0.15, -0.1) is 0 Å². The van der Waals surface area contributed by atoms with Crippen LogP contribution in [0.1, 0.15) is 67.7 Å². The van der Waals surface area contributed by atoms with Crippen LogP contribution in [0.4, 0.5) is 4.39 Å². The van der Waals surface area contributed by atoms with Crippen molar-refractivity contribution >= 4 is 15.7 Å². The molecule has 0 heterocycles. The minimum atomic E-state index is -2.93. The fraction of sp³-hybridized carbons (Fsp3) is 0.500. The molecular formula is C26H34FNO3S. The molecule has 6 heteroatoms. The van der Waals surface area contributed by atoms with E-state index in [-0.39, 0.29) is 35.2 Å². The van der Waals surface area contributed by atoms with Crippen LogP contribution < -0.4 is 5.32 Å². The van der Waals surface area contributed by atoms with Crippen LogP contribution in [0.2, 0.25) is 0 Å². The highest BCUT2D eigenvalue weighted by molar-refractivity contribution is 7.91. The van der Waals surface area contributed by atoms with Crippen molar-refractivity contribution in [1.29, 1.82) is 0 Å². The number of unbranched alkanes of at least 4 members (excludes halogenated alkanes) is 1. The Hall–Kier alpha value is -2.21. The zero-order valence-electron chi connectivity index (χ0n) is 19.1. The van der Waals surface area contributed by atoms with Gasteiger partial charge in [-0.05, 0) is 79.3 Å². The van der Waals surface area contributed by atoms with E-state index in [1.165, 1.54) is 28.8 Å². The SMILES string of the molecule is CCCS(=O)(=O)CCCCc1ccc2c(c1)C(Cc1ccc(F)cc1)C(NC(C)=O)CC2. The molecule has 0 aliphatic heterocycles. The molecule has 174 valence electrons. The Morgan fingerprint density at radius 1 is 1.06 bits per heavy atom. The van der Waals surface area contributed by atoms with E-state index in [4.69, 9.17) is 0 Å². The van der Waals surface area contributed by atoms with E-state index in [0.717, 1.165) is 37.7 Å². The Bertz CT molecular complexity index is 1020. The third kappa shape index (κ3) is 6.89. The molecule has 2 aromatic rings. The number of rotatable bonds is 10. The molecule has 0 bridgehead atoms. The van der Waals surface area contributed by atoms with Gasteiger partial charge in [-0.25, -0.2) is 12.8 Å². The number of carbonyl (C=O) groups is 1. The number of aryl methyl sites for hydroxylation is 2. The summed E-state index contributed by atoms with van der Waals surface area (Å²) in [5.41, 5.74) is 4.79. The van der Waals surface area contributed by atoms with Crippen LogP contribution in [0.25, 0.3) is 0 Å². The molecule has 1 aliphatic carbocycles. The van der Waals surface area contributed by atoms with Gasteiger partial charge in [0.25, 0.3) is 0 Å². The topological polar surface area (TPSA) is 63.2 Å². The molecule has 3 rings (SSSR count). The number of halogens is 1. The number of hydrogen-bond acceptors (Lipinski definition) is 3. The minimum Gasteiger partial charge on any atom is -0.353 e. The van der Waals surface area contributed by atoms with Crippen LogP contribution in [0.15, 0.2) is 42.5 Å². The first-order chi connectivity index (χ1) is 15.3. The van der Waals surface area contributed by atoms with E-state index in [0.29, 0.717) is 12.8 Å². The number of carbonyl (C=O) groups excluding carboxylic acids is 1. The van der Waals surface area contributed by atoms with E-state index in [1.807, 2.05) is 19.1 Å².